The van der Waals surface area contributed by atoms with Crippen molar-refractivity contribution in [3.63, 3.8) is 0 Å². The molecule has 2 aromatic carbocycles. The highest BCUT2D eigenvalue weighted by Crippen LogP contribution is 2.29. The molecule has 1 amide bonds. The number of rotatable bonds is 7. The van der Waals surface area contributed by atoms with Gasteiger partial charge in [0.25, 0.3) is 0 Å². The highest BCUT2D eigenvalue weighted by atomic mass is 32.2. The molecule has 1 saturated heterocycles. The number of amides is 1. The Hall–Kier alpha value is -2.12. The summed E-state index contributed by atoms with van der Waals surface area (Å²) in [6.07, 6.45) is 4.78. The number of nitrogens with zero attached hydrogens (tertiary/aromatic N) is 2. The summed E-state index contributed by atoms with van der Waals surface area (Å²) in [5.74, 6) is 1.21. The molecule has 1 aliphatic carbocycles. The molecule has 1 atom stereocenters. The van der Waals surface area contributed by atoms with Crippen molar-refractivity contribution in [2.24, 2.45) is 0 Å². The van der Waals surface area contributed by atoms with Gasteiger partial charge in [0.15, 0.2) is 9.84 Å². The summed E-state index contributed by atoms with van der Waals surface area (Å²) >= 11 is 0. The number of sulfone groups is 1. The van der Waals surface area contributed by atoms with E-state index < -0.39 is 9.84 Å². The first-order valence-corrected chi connectivity index (χ1v) is 12.9. The minimum absolute atomic E-state index is 0.0574. The van der Waals surface area contributed by atoms with Crippen LogP contribution in [-0.4, -0.2) is 68.4 Å². The molecule has 0 aromatic heterocycles. The lowest BCUT2D eigenvalue weighted by Gasteiger charge is -2.35. The molecule has 0 radical (unpaired) electrons. The summed E-state index contributed by atoms with van der Waals surface area (Å²) < 4.78 is 29.4. The predicted octanol–water partition coefficient (Wildman–Crippen LogP) is 3.24. The maximum atomic E-state index is 13.3. The third kappa shape index (κ3) is 5.21. The Balaban J connectivity index is 1.44. The van der Waals surface area contributed by atoms with Gasteiger partial charge < -0.3 is 9.64 Å². The van der Waals surface area contributed by atoms with Gasteiger partial charge in [-0.2, -0.15) is 0 Å². The molecule has 1 aliphatic heterocycles. The summed E-state index contributed by atoms with van der Waals surface area (Å²) in [5.41, 5.74) is 1.14. The minimum Gasteiger partial charge on any atom is -0.497 e. The highest BCUT2D eigenvalue weighted by molar-refractivity contribution is 7.91. The van der Waals surface area contributed by atoms with Crippen LogP contribution in [0.1, 0.15) is 37.7 Å². The molecule has 4 rings (SSSR count). The Bertz CT molecular complexity index is 1050. The van der Waals surface area contributed by atoms with Crippen LogP contribution in [0.15, 0.2) is 36.4 Å². The van der Waals surface area contributed by atoms with Gasteiger partial charge in [-0.3, -0.25) is 9.69 Å². The fourth-order valence-corrected chi connectivity index (χ4v) is 6.77. The molecule has 0 spiro atoms. The van der Waals surface area contributed by atoms with Gasteiger partial charge >= 0.3 is 0 Å². The minimum atomic E-state index is -3.02. The van der Waals surface area contributed by atoms with Gasteiger partial charge in [0, 0.05) is 18.6 Å². The maximum Gasteiger partial charge on any atom is 0.237 e. The summed E-state index contributed by atoms with van der Waals surface area (Å²) in [6, 6.07) is 12.4. The maximum absolute atomic E-state index is 13.3. The molecule has 1 heterocycles. The number of fused-ring (bicyclic) bond motifs is 1. The second-order valence-electron chi connectivity index (χ2n) is 9.02. The second kappa shape index (κ2) is 9.17. The van der Waals surface area contributed by atoms with Crippen molar-refractivity contribution in [2.75, 3.05) is 32.2 Å². The summed E-state index contributed by atoms with van der Waals surface area (Å²) in [6.45, 7) is 0.961. The third-order valence-electron chi connectivity index (χ3n) is 6.58. The standard InChI is InChI=1S/C24H32N2O4S/c1-25(15-18-7-8-20-14-23(30-2)10-9-19(20)13-18)16-24(27)26(21-5-3-4-6-21)22-11-12-31(28,29)17-22/h7-10,13-14,21-22H,3-6,11-12,15-17H2,1-2H3. The summed E-state index contributed by atoms with van der Waals surface area (Å²) in [7, 11) is 0.594. The van der Waals surface area contributed by atoms with E-state index in [-0.39, 0.29) is 29.5 Å². The zero-order valence-corrected chi connectivity index (χ0v) is 19.2. The van der Waals surface area contributed by atoms with E-state index in [1.165, 1.54) is 0 Å². The summed E-state index contributed by atoms with van der Waals surface area (Å²) in [4.78, 5) is 17.2. The quantitative estimate of drug-likeness (QED) is 0.656. The van der Waals surface area contributed by atoms with Crippen molar-refractivity contribution in [3.8, 4) is 5.75 Å². The third-order valence-corrected chi connectivity index (χ3v) is 8.33. The van der Waals surface area contributed by atoms with Crippen LogP contribution in [0.25, 0.3) is 10.8 Å². The van der Waals surface area contributed by atoms with E-state index >= 15 is 0 Å². The SMILES string of the molecule is COc1ccc2cc(CN(C)CC(=O)N(C3CCCC3)C3CCS(=O)(=O)C3)ccc2c1. The lowest BCUT2D eigenvalue weighted by Crippen LogP contribution is -2.50. The number of carbonyl (C=O) groups excluding carboxylic acids is 1. The van der Waals surface area contributed by atoms with E-state index in [1.54, 1.807) is 7.11 Å². The lowest BCUT2D eigenvalue weighted by atomic mass is 10.1. The topological polar surface area (TPSA) is 66.9 Å². The monoisotopic (exact) mass is 444 g/mol. The Labute approximate surface area is 185 Å². The van der Waals surface area contributed by atoms with Crippen LogP contribution >= 0.6 is 0 Å². The first-order chi connectivity index (χ1) is 14.8. The molecule has 2 aliphatic rings. The number of hydrogen-bond donors (Lipinski definition) is 0. The van der Waals surface area contributed by atoms with Crippen LogP contribution < -0.4 is 4.74 Å². The van der Waals surface area contributed by atoms with E-state index in [2.05, 4.69) is 18.2 Å². The van der Waals surface area contributed by atoms with Gasteiger partial charge in [-0.05, 0) is 60.8 Å². The second-order valence-corrected chi connectivity index (χ2v) is 11.2. The van der Waals surface area contributed by atoms with Gasteiger partial charge in [0.1, 0.15) is 5.75 Å². The number of methoxy groups -OCH3 is 1. The van der Waals surface area contributed by atoms with Crippen LogP contribution in [0.5, 0.6) is 5.75 Å². The van der Waals surface area contributed by atoms with Crippen molar-refractivity contribution in [1.82, 2.24) is 9.80 Å². The van der Waals surface area contributed by atoms with Crippen molar-refractivity contribution < 1.29 is 17.9 Å². The number of likely N-dealkylation sites (N-methyl/N-ethyl adjacent to an activating group) is 1. The molecule has 0 N–H and O–H groups in total. The molecule has 168 valence electrons. The van der Waals surface area contributed by atoms with Crippen LogP contribution in [0.4, 0.5) is 0 Å². The summed E-state index contributed by atoms with van der Waals surface area (Å²) in [5, 5.41) is 2.26. The molecule has 1 saturated carbocycles. The zero-order valence-electron chi connectivity index (χ0n) is 18.4. The number of ether oxygens (including phenoxy) is 1. The van der Waals surface area contributed by atoms with Gasteiger partial charge in [0.05, 0.1) is 25.2 Å². The first kappa shape index (κ1) is 22.1. The van der Waals surface area contributed by atoms with Gasteiger partial charge in [0.2, 0.25) is 5.91 Å². The molecular weight excluding hydrogens is 412 g/mol. The Morgan fingerprint density at radius 2 is 1.74 bits per heavy atom. The number of hydrogen-bond acceptors (Lipinski definition) is 5. The number of carbonyl (C=O) groups is 1. The van der Waals surface area contributed by atoms with Crippen molar-refractivity contribution in [1.29, 1.82) is 0 Å². The Kier molecular flexibility index (Phi) is 6.53. The lowest BCUT2D eigenvalue weighted by molar-refractivity contribution is -0.136. The van der Waals surface area contributed by atoms with Crippen LogP contribution in [0.2, 0.25) is 0 Å². The smallest absolute Gasteiger partial charge is 0.237 e. The van der Waals surface area contributed by atoms with Gasteiger partial charge in [-0.25, -0.2) is 8.42 Å². The predicted molar refractivity (Wildman–Crippen MR) is 123 cm³/mol. The van der Waals surface area contributed by atoms with E-state index in [0.717, 1.165) is 47.8 Å². The fourth-order valence-electron chi connectivity index (χ4n) is 5.06. The zero-order chi connectivity index (χ0) is 22.0. The van der Waals surface area contributed by atoms with Crippen molar-refractivity contribution in [3.05, 3.63) is 42.0 Å². The van der Waals surface area contributed by atoms with E-state index in [4.69, 9.17) is 4.74 Å². The van der Waals surface area contributed by atoms with Crippen molar-refractivity contribution >= 4 is 26.5 Å². The number of benzene rings is 2. The van der Waals surface area contributed by atoms with Crippen molar-refractivity contribution in [2.45, 2.75) is 50.7 Å². The molecule has 7 heteroatoms. The molecule has 2 aromatic rings. The Morgan fingerprint density at radius 1 is 1.03 bits per heavy atom. The van der Waals surface area contributed by atoms with E-state index in [1.807, 2.05) is 35.0 Å². The van der Waals surface area contributed by atoms with E-state index in [0.29, 0.717) is 19.5 Å². The Morgan fingerprint density at radius 3 is 2.42 bits per heavy atom. The molecule has 31 heavy (non-hydrogen) atoms. The van der Waals surface area contributed by atoms with Gasteiger partial charge in [-0.1, -0.05) is 31.0 Å². The fraction of sp³-hybridized carbons (Fsp3) is 0.542. The van der Waals surface area contributed by atoms with Gasteiger partial charge in [-0.15, -0.1) is 0 Å². The molecule has 2 fully saturated rings. The van der Waals surface area contributed by atoms with Crippen LogP contribution in [-0.2, 0) is 21.2 Å². The largest absolute Gasteiger partial charge is 0.497 e. The molecule has 0 bridgehead atoms. The molecular formula is C24H32N2O4S. The first-order valence-electron chi connectivity index (χ1n) is 11.1. The normalized spacial score (nSPS) is 21.1. The molecule has 1 unspecified atom stereocenters. The average Bonchev–Trinajstić information content (AvgIpc) is 3.37. The average molecular weight is 445 g/mol. The highest BCUT2D eigenvalue weighted by Gasteiger charge is 2.39. The van der Waals surface area contributed by atoms with Crippen LogP contribution in [0.3, 0.4) is 0 Å². The molecule has 6 nitrogen and oxygen atoms in total. The van der Waals surface area contributed by atoms with Crippen LogP contribution in [0, 0.1) is 0 Å². The van der Waals surface area contributed by atoms with E-state index in [9.17, 15) is 13.2 Å².